The maximum Gasteiger partial charge on any atom is 0.407 e. The molecular weight excluding hydrogens is 283 g/mol. The molecule has 0 heterocycles. The Kier molecular flexibility index (Phi) is 3.23. The van der Waals surface area contributed by atoms with Crippen LogP contribution in [-0.4, -0.2) is 20.1 Å². The summed E-state index contributed by atoms with van der Waals surface area (Å²) in [6.07, 6.45) is -5.12. The molecule has 1 aromatic carbocycles. The summed E-state index contributed by atoms with van der Waals surface area (Å²) in [7, 11) is -4.29. The van der Waals surface area contributed by atoms with Crippen molar-refractivity contribution in [2.75, 3.05) is 5.43 Å². The topological polar surface area (TPSA) is 84.2 Å². The normalized spacial score (nSPS) is 18.1. The monoisotopic (exact) mass is 295 g/mol. The summed E-state index contributed by atoms with van der Waals surface area (Å²) in [6, 6.07) is 5.47. The molecule has 0 saturated heterocycles. The minimum absolute atomic E-state index is 0.0352. The fourth-order valence-electron chi connectivity index (χ4n) is 1.70. The Morgan fingerprint density at radius 3 is 2.26 bits per heavy atom. The molecule has 0 atom stereocenters. The van der Waals surface area contributed by atoms with Gasteiger partial charge < -0.3 is 5.43 Å². The molecule has 0 unspecified atom stereocenters. The summed E-state index contributed by atoms with van der Waals surface area (Å²) in [5, 5.41) is 0. The first kappa shape index (κ1) is 14.1. The van der Waals surface area contributed by atoms with E-state index in [1.54, 1.807) is 4.72 Å². The molecule has 0 radical (unpaired) electrons. The second-order valence-electron chi connectivity index (χ2n) is 4.33. The first-order valence-electron chi connectivity index (χ1n) is 5.38. The predicted molar refractivity (Wildman–Crippen MR) is 62.6 cm³/mol. The van der Waals surface area contributed by atoms with Crippen molar-refractivity contribution in [1.82, 2.24) is 4.72 Å². The van der Waals surface area contributed by atoms with Crippen LogP contribution in [0.2, 0.25) is 0 Å². The second kappa shape index (κ2) is 4.36. The molecule has 1 saturated carbocycles. The smallest absolute Gasteiger partial charge is 0.323 e. The van der Waals surface area contributed by atoms with Gasteiger partial charge in [-0.15, -0.1) is 0 Å². The van der Waals surface area contributed by atoms with Gasteiger partial charge in [0.05, 0.1) is 5.69 Å². The lowest BCUT2D eigenvalue weighted by molar-refractivity contribution is -0.160. The number of hydrogen-bond donors (Lipinski definition) is 3. The molecule has 1 aromatic rings. The van der Waals surface area contributed by atoms with Crippen molar-refractivity contribution in [2.24, 2.45) is 5.84 Å². The second-order valence-corrected chi connectivity index (χ2v) is 5.98. The highest BCUT2D eigenvalue weighted by atomic mass is 32.2. The molecule has 5 nitrogen and oxygen atoms in total. The van der Waals surface area contributed by atoms with Crippen molar-refractivity contribution in [2.45, 2.75) is 29.5 Å². The Hall–Kier alpha value is -1.32. The van der Waals surface area contributed by atoms with Gasteiger partial charge in [0.2, 0.25) is 10.0 Å². The first-order chi connectivity index (χ1) is 8.72. The van der Waals surface area contributed by atoms with Gasteiger partial charge in [0.25, 0.3) is 0 Å². The van der Waals surface area contributed by atoms with Crippen LogP contribution >= 0.6 is 0 Å². The number of anilines is 1. The van der Waals surface area contributed by atoms with E-state index in [-0.39, 0.29) is 23.4 Å². The van der Waals surface area contributed by atoms with Gasteiger partial charge in [-0.05, 0) is 25.0 Å². The van der Waals surface area contributed by atoms with E-state index in [1.807, 2.05) is 0 Å². The fraction of sp³-hybridized carbons (Fsp3) is 0.400. The number of hydrogen-bond acceptors (Lipinski definition) is 4. The molecule has 0 aromatic heterocycles. The van der Waals surface area contributed by atoms with Crippen molar-refractivity contribution in [3.05, 3.63) is 24.3 Å². The van der Waals surface area contributed by atoms with Crippen LogP contribution in [0, 0.1) is 0 Å². The number of rotatable bonds is 4. The van der Waals surface area contributed by atoms with Gasteiger partial charge in [-0.1, -0.05) is 12.1 Å². The number of sulfonamides is 1. The number of nitrogen functional groups attached to an aromatic ring is 1. The zero-order valence-electron chi connectivity index (χ0n) is 9.66. The number of para-hydroxylation sites is 1. The number of alkyl halides is 3. The van der Waals surface area contributed by atoms with Crippen LogP contribution in [0.3, 0.4) is 0 Å². The lowest BCUT2D eigenvalue weighted by Gasteiger charge is -2.21. The Morgan fingerprint density at radius 2 is 1.79 bits per heavy atom. The SMILES string of the molecule is NNc1ccccc1S(=O)(=O)NC1(C(F)(F)F)CC1. The van der Waals surface area contributed by atoms with Crippen LogP contribution < -0.4 is 16.0 Å². The molecule has 106 valence electrons. The minimum atomic E-state index is -4.61. The van der Waals surface area contributed by atoms with Crippen molar-refractivity contribution in [1.29, 1.82) is 0 Å². The van der Waals surface area contributed by atoms with E-state index in [9.17, 15) is 21.6 Å². The Labute approximate surface area is 108 Å². The average molecular weight is 295 g/mol. The lowest BCUT2D eigenvalue weighted by atomic mass is 10.3. The van der Waals surface area contributed by atoms with Gasteiger partial charge in [0.1, 0.15) is 10.4 Å². The molecule has 9 heteroatoms. The minimum Gasteiger partial charge on any atom is -0.323 e. The third-order valence-electron chi connectivity index (χ3n) is 2.95. The van der Waals surface area contributed by atoms with Crippen molar-refractivity contribution in [3.63, 3.8) is 0 Å². The van der Waals surface area contributed by atoms with Crippen molar-refractivity contribution in [3.8, 4) is 0 Å². The van der Waals surface area contributed by atoms with E-state index < -0.39 is 21.7 Å². The number of nitrogens with two attached hydrogens (primary N) is 1. The number of benzene rings is 1. The highest BCUT2D eigenvalue weighted by molar-refractivity contribution is 7.89. The van der Waals surface area contributed by atoms with Crippen LogP contribution in [0.1, 0.15) is 12.8 Å². The molecule has 4 N–H and O–H groups in total. The summed E-state index contributed by atoms with van der Waals surface area (Å²) in [5.74, 6) is 5.15. The van der Waals surface area contributed by atoms with E-state index in [0.29, 0.717) is 0 Å². The molecule has 0 spiro atoms. The van der Waals surface area contributed by atoms with E-state index in [4.69, 9.17) is 5.84 Å². The Balaban J connectivity index is 2.34. The molecule has 19 heavy (non-hydrogen) atoms. The van der Waals surface area contributed by atoms with Crippen LogP contribution in [0.4, 0.5) is 18.9 Å². The number of hydrazine groups is 1. The number of nitrogens with one attached hydrogen (secondary N) is 2. The summed E-state index contributed by atoms with van der Waals surface area (Å²) < 4.78 is 64.0. The third-order valence-corrected chi connectivity index (χ3v) is 4.55. The molecule has 1 fully saturated rings. The van der Waals surface area contributed by atoms with E-state index in [0.717, 1.165) is 0 Å². The molecule has 0 aliphatic heterocycles. The summed E-state index contributed by atoms with van der Waals surface area (Å²) in [5.41, 5.74) is -0.158. The highest BCUT2D eigenvalue weighted by Gasteiger charge is 2.65. The van der Waals surface area contributed by atoms with Gasteiger partial charge in [-0.2, -0.15) is 17.9 Å². The van der Waals surface area contributed by atoms with Gasteiger partial charge in [0.15, 0.2) is 0 Å². The predicted octanol–water partition coefficient (Wildman–Crippen LogP) is 1.35. The van der Waals surface area contributed by atoms with Crippen molar-refractivity contribution < 1.29 is 21.6 Å². The van der Waals surface area contributed by atoms with Gasteiger partial charge in [0, 0.05) is 0 Å². The Bertz CT molecular complexity index is 582. The van der Waals surface area contributed by atoms with Crippen LogP contribution in [-0.2, 0) is 10.0 Å². The van der Waals surface area contributed by atoms with E-state index >= 15 is 0 Å². The molecule has 1 aliphatic rings. The molecular formula is C10H12F3N3O2S. The Morgan fingerprint density at radius 1 is 1.21 bits per heavy atom. The first-order valence-corrected chi connectivity index (χ1v) is 6.86. The quantitative estimate of drug-likeness (QED) is 0.578. The zero-order chi connectivity index (χ0) is 14.3. The summed E-state index contributed by atoms with van der Waals surface area (Å²) in [6.45, 7) is 0. The van der Waals surface area contributed by atoms with Gasteiger partial charge in [-0.3, -0.25) is 5.84 Å². The highest BCUT2D eigenvalue weighted by Crippen LogP contribution is 2.49. The summed E-state index contributed by atoms with van der Waals surface area (Å²) in [4.78, 5) is -0.312. The van der Waals surface area contributed by atoms with Gasteiger partial charge in [-0.25, -0.2) is 8.42 Å². The van der Waals surface area contributed by atoms with E-state index in [2.05, 4.69) is 5.43 Å². The van der Waals surface area contributed by atoms with Gasteiger partial charge >= 0.3 is 6.18 Å². The standard InChI is InChI=1S/C10H12F3N3O2S/c11-10(12,13)9(5-6-9)16-19(17,18)8-4-2-1-3-7(8)15-14/h1-4,15-16H,5-6,14H2. The average Bonchev–Trinajstić information content (AvgIpc) is 3.08. The van der Waals surface area contributed by atoms with Crippen LogP contribution in [0.15, 0.2) is 29.2 Å². The zero-order valence-corrected chi connectivity index (χ0v) is 10.5. The van der Waals surface area contributed by atoms with E-state index in [1.165, 1.54) is 24.3 Å². The summed E-state index contributed by atoms with van der Waals surface area (Å²) >= 11 is 0. The molecule has 0 bridgehead atoms. The third kappa shape index (κ3) is 2.53. The fourth-order valence-corrected chi connectivity index (χ4v) is 3.32. The molecule has 2 rings (SSSR count). The number of halogens is 3. The largest absolute Gasteiger partial charge is 0.407 e. The molecule has 1 aliphatic carbocycles. The molecule has 0 amide bonds. The van der Waals surface area contributed by atoms with Crippen LogP contribution in [0.25, 0.3) is 0 Å². The van der Waals surface area contributed by atoms with Crippen molar-refractivity contribution >= 4 is 15.7 Å². The maximum absolute atomic E-state index is 12.8. The van der Waals surface area contributed by atoms with Crippen LogP contribution in [0.5, 0.6) is 0 Å². The lowest BCUT2D eigenvalue weighted by Crippen LogP contribution is -2.47. The maximum atomic E-state index is 12.8.